The Morgan fingerprint density at radius 3 is 1.88 bits per heavy atom. The summed E-state index contributed by atoms with van der Waals surface area (Å²) in [7, 11) is 0. The van der Waals surface area contributed by atoms with Gasteiger partial charge in [0.05, 0.1) is 4.99 Å². The molecule has 0 aliphatic carbocycles. The molecule has 0 bridgehead atoms. The first-order valence-electron chi connectivity index (χ1n) is 1.90. The van der Waals surface area contributed by atoms with Crippen molar-refractivity contribution in [1.29, 1.82) is 0 Å². The Morgan fingerprint density at radius 2 is 1.88 bits per heavy atom. The van der Waals surface area contributed by atoms with E-state index in [4.69, 9.17) is 17.2 Å². The summed E-state index contributed by atoms with van der Waals surface area (Å²) in [4.78, 5) is 10.00. The van der Waals surface area contributed by atoms with Crippen LogP contribution in [0.5, 0.6) is 0 Å². The number of amides is 1. The van der Waals surface area contributed by atoms with Crippen molar-refractivity contribution < 1.29 is 4.79 Å². The summed E-state index contributed by atoms with van der Waals surface area (Å²) in [5, 5.41) is 0. The Morgan fingerprint density at radius 1 is 1.50 bits per heavy atom. The molecule has 0 aromatic heterocycles. The molecule has 8 heavy (non-hydrogen) atoms. The van der Waals surface area contributed by atoms with Gasteiger partial charge in [-0.3, -0.25) is 4.79 Å². The minimum atomic E-state index is -0.981. The fourth-order valence-corrected chi connectivity index (χ4v) is 0.256. The summed E-state index contributed by atoms with van der Waals surface area (Å²) in [5.74, 6) is -0.697. The molecule has 0 aromatic rings. The average Bonchev–Trinajstić information content (AvgIpc) is 1.64. The quantitative estimate of drug-likeness (QED) is 0.383. The number of carbonyl (C=O) groups is 1. The van der Waals surface area contributed by atoms with Gasteiger partial charge >= 0.3 is 0 Å². The van der Waals surface area contributed by atoms with Crippen LogP contribution >= 0.6 is 12.2 Å². The van der Waals surface area contributed by atoms with Crippen LogP contribution in [-0.2, 0) is 4.79 Å². The molecule has 0 spiro atoms. The highest BCUT2D eigenvalue weighted by Crippen LogP contribution is 1.73. The van der Waals surface area contributed by atoms with Crippen LogP contribution in [0.4, 0.5) is 0 Å². The van der Waals surface area contributed by atoms with E-state index in [1.54, 1.807) is 0 Å². The Balaban J connectivity index is 3.83. The first-order valence-corrected chi connectivity index (χ1v) is 2.30. The lowest BCUT2D eigenvalue weighted by Gasteiger charge is -2.01. The van der Waals surface area contributed by atoms with Gasteiger partial charge in [0.25, 0.3) is 0 Å². The number of hydrogen-bond donors (Lipinski definition) is 3. The third-order valence-corrected chi connectivity index (χ3v) is 0.867. The second-order valence-electron chi connectivity index (χ2n) is 1.28. The maximum atomic E-state index is 10.1. The molecule has 0 radical (unpaired) electrons. The molecule has 0 aliphatic rings. The Hall–Kier alpha value is -0.680. The second-order valence-corrected chi connectivity index (χ2v) is 1.75. The Kier molecular flexibility index (Phi) is 2.36. The molecular formula is C3H7N3OS. The first kappa shape index (κ1) is 7.32. The maximum absolute atomic E-state index is 10.1. The van der Waals surface area contributed by atoms with Crippen molar-refractivity contribution >= 4 is 23.1 Å². The van der Waals surface area contributed by atoms with E-state index < -0.39 is 11.9 Å². The fraction of sp³-hybridized carbons (Fsp3) is 0.333. The monoisotopic (exact) mass is 133 g/mol. The van der Waals surface area contributed by atoms with Crippen molar-refractivity contribution in [2.24, 2.45) is 17.2 Å². The molecule has 1 atom stereocenters. The van der Waals surface area contributed by atoms with E-state index in [9.17, 15) is 4.79 Å². The van der Waals surface area contributed by atoms with Gasteiger partial charge in [-0.05, 0) is 0 Å². The largest absolute Gasteiger partial charge is 0.392 e. The summed E-state index contributed by atoms with van der Waals surface area (Å²) < 4.78 is 0. The summed E-state index contributed by atoms with van der Waals surface area (Å²) >= 11 is 4.35. The molecule has 1 unspecified atom stereocenters. The third kappa shape index (κ3) is 1.85. The van der Waals surface area contributed by atoms with Crippen molar-refractivity contribution in [3.8, 4) is 0 Å². The van der Waals surface area contributed by atoms with Crippen molar-refractivity contribution in [2.75, 3.05) is 0 Å². The lowest BCUT2D eigenvalue weighted by Crippen LogP contribution is -2.45. The summed E-state index contributed by atoms with van der Waals surface area (Å²) in [6, 6.07) is -0.981. The van der Waals surface area contributed by atoms with Crippen molar-refractivity contribution in [1.82, 2.24) is 0 Å². The van der Waals surface area contributed by atoms with E-state index in [2.05, 4.69) is 12.2 Å². The van der Waals surface area contributed by atoms with Gasteiger partial charge < -0.3 is 17.2 Å². The minimum Gasteiger partial charge on any atom is -0.392 e. The van der Waals surface area contributed by atoms with Crippen LogP contribution in [0.3, 0.4) is 0 Å². The van der Waals surface area contributed by atoms with E-state index in [1.165, 1.54) is 0 Å². The van der Waals surface area contributed by atoms with Crippen LogP contribution in [-0.4, -0.2) is 16.9 Å². The summed E-state index contributed by atoms with van der Waals surface area (Å²) in [5.41, 5.74) is 14.7. The summed E-state index contributed by atoms with van der Waals surface area (Å²) in [6.07, 6.45) is 0. The highest BCUT2D eigenvalue weighted by molar-refractivity contribution is 7.80. The smallest absolute Gasteiger partial charge is 0.241 e. The van der Waals surface area contributed by atoms with E-state index in [0.29, 0.717) is 0 Å². The zero-order valence-electron chi connectivity index (χ0n) is 4.13. The number of carbonyl (C=O) groups excluding carboxylic acids is 1. The first-order chi connectivity index (χ1) is 3.55. The van der Waals surface area contributed by atoms with Gasteiger partial charge in [-0.25, -0.2) is 0 Å². The van der Waals surface area contributed by atoms with E-state index in [0.717, 1.165) is 0 Å². The van der Waals surface area contributed by atoms with E-state index >= 15 is 0 Å². The van der Waals surface area contributed by atoms with Crippen LogP contribution in [0.25, 0.3) is 0 Å². The normalized spacial score (nSPS) is 12.6. The van der Waals surface area contributed by atoms with Crippen molar-refractivity contribution in [3.63, 3.8) is 0 Å². The predicted octanol–water partition coefficient (Wildman–Crippen LogP) is -1.91. The molecule has 0 saturated carbocycles. The van der Waals surface area contributed by atoms with Gasteiger partial charge in [0.2, 0.25) is 5.91 Å². The number of hydrogen-bond acceptors (Lipinski definition) is 3. The number of rotatable bonds is 2. The predicted molar refractivity (Wildman–Crippen MR) is 34.0 cm³/mol. The molecule has 46 valence electrons. The van der Waals surface area contributed by atoms with Crippen LogP contribution in [0.2, 0.25) is 0 Å². The molecule has 4 nitrogen and oxygen atoms in total. The molecule has 5 heteroatoms. The topological polar surface area (TPSA) is 95.1 Å². The van der Waals surface area contributed by atoms with Gasteiger partial charge in [0.15, 0.2) is 0 Å². The van der Waals surface area contributed by atoms with Gasteiger partial charge in [0.1, 0.15) is 6.04 Å². The SMILES string of the molecule is NC(=O)C(N)C(N)=S. The fourth-order valence-electron chi connectivity index (χ4n) is 0.140. The lowest BCUT2D eigenvalue weighted by atomic mass is 10.3. The molecule has 0 heterocycles. The molecule has 6 N–H and O–H groups in total. The molecule has 0 fully saturated rings. The molecule has 0 saturated heterocycles. The van der Waals surface area contributed by atoms with E-state index in [-0.39, 0.29) is 4.99 Å². The molecule has 0 aliphatic heterocycles. The molecule has 0 aromatic carbocycles. The van der Waals surface area contributed by atoms with Crippen LogP contribution < -0.4 is 17.2 Å². The average molecular weight is 133 g/mol. The van der Waals surface area contributed by atoms with Gasteiger partial charge in [-0.1, -0.05) is 12.2 Å². The minimum absolute atomic E-state index is 0.0718. The van der Waals surface area contributed by atoms with Gasteiger partial charge in [-0.2, -0.15) is 0 Å². The third-order valence-electron chi connectivity index (χ3n) is 0.613. The van der Waals surface area contributed by atoms with Crippen LogP contribution in [0.1, 0.15) is 0 Å². The molecule has 1 amide bonds. The highest BCUT2D eigenvalue weighted by atomic mass is 32.1. The number of nitrogens with two attached hydrogens (primary N) is 3. The van der Waals surface area contributed by atoms with Crippen LogP contribution in [0.15, 0.2) is 0 Å². The van der Waals surface area contributed by atoms with Gasteiger partial charge in [-0.15, -0.1) is 0 Å². The van der Waals surface area contributed by atoms with Crippen molar-refractivity contribution in [2.45, 2.75) is 6.04 Å². The second kappa shape index (κ2) is 2.58. The van der Waals surface area contributed by atoms with Gasteiger partial charge in [0, 0.05) is 0 Å². The molecule has 0 rings (SSSR count). The summed E-state index contributed by atoms with van der Waals surface area (Å²) in [6.45, 7) is 0. The van der Waals surface area contributed by atoms with Crippen LogP contribution in [0, 0.1) is 0 Å². The lowest BCUT2D eigenvalue weighted by molar-refractivity contribution is -0.117. The maximum Gasteiger partial charge on any atom is 0.241 e. The van der Waals surface area contributed by atoms with Crippen molar-refractivity contribution in [3.05, 3.63) is 0 Å². The zero-order chi connectivity index (χ0) is 6.73. The highest BCUT2D eigenvalue weighted by Gasteiger charge is 2.10. The Labute approximate surface area is 52.0 Å². The number of primary amides is 1. The Bertz CT molecular complexity index is 110. The zero-order valence-corrected chi connectivity index (χ0v) is 4.94. The number of thiocarbonyl (C=S) groups is 1. The standard InChI is InChI=1S/C3H7N3OS/c4-1(2(5)7)3(6)8/h1H,4H2,(H2,5,7)(H2,6,8). The van der Waals surface area contributed by atoms with E-state index in [1.807, 2.05) is 0 Å². The molecular weight excluding hydrogens is 126 g/mol.